The van der Waals surface area contributed by atoms with E-state index in [0.29, 0.717) is 17.5 Å². The summed E-state index contributed by atoms with van der Waals surface area (Å²) >= 11 is 0. The SMILES string of the molecule is Cc1cnn(-c2ccc(O)cc2C=O)c1. The summed E-state index contributed by atoms with van der Waals surface area (Å²) in [7, 11) is 0. The normalized spacial score (nSPS) is 10.2. The first kappa shape index (κ1) is 9.45. The maximum Gasteiger partial charge on any atom is 0.152 e. The lowest BCUT2D eigenvalue weighted by molar-refractivity contribution is 0.112. The van der Waals surface area contributed by atoms with Crippen LogP contribution < -0.4 is 0 Å². The first-order chi connectivity index (χ1) is 7.20. The largest absolute Gasteiger partial charge is 0.508 e. The fourth-order valence-electron chi connectivity index (χ4n) is 1.39. The zero-order valence-corrected chi connectivity index (χ0v) is 8.21. The van der Waals surface area contributed by atoms with Crippen LogP contribution in [0.5, 0.6) is 5.75 Å². The van der Waals surface area contributed by atoms with E-state index < -0.39 is 0 Å². The summed E-state index contributed by atoms with van der Waals surface area (Å²) in [4.78, 5) is 10.8. The number of hydrogen-bond acceptors (Lipinski definition) is 3. The summed E-state index contributed by atoms with van der Waals surface area (Å²) in [5.74, 6) is 0.0738. The number of benzene rings is 1. The Balaban J connectivity index is 2.57. The van der Waals surface area contributed by atoms with Gasteiger partial charge in [0, 0.05) is 11.8 Å². The second kappa shape index (κ2) is 3.57. The van der Waals surface area contributed by atoms with E-state index in [1.165, 1.54) is 12.1 Å². The van der Waals surface area contributed by atoms with Gasteiger partial charge >= 0.3 is 0 Å². The average molecular weight is 202 g/mol. The molecule has 0 spiro atoms. The summed E-state index contributed by atoms with van der Waals surface area (Å²) in [6, 6.07) is 4.60. The number of phenolic OH excluding ortho intramolecular Hbond substituents is 1. The van der Waals surface area contributed by atoms with E-state index in [2.05, 4.69) is 5.10 Å². The van der Waals surface area contributed by atoms with Gasteiger partial charge in [-0.1, -0.05) is 0 Å². The van der Waals surface area contributed by atoms with Gasteiger partial charge in [0.2, 0.25) is 0 Å². The molecule has 0 aliphatic carbocycles. The molecule has 2 aromatic rings. The lowest BCUT2D eigenvalue weighted by Gasteiger charge is -2.04. The molecule has 76 valence electrons. The molecule has 2 rings (SSSR count). The van der Waals surface area contributed by atoms with E-state index in [0.717, 1.165) is 5.56 Å². The van der Waals surface area contributed by atoms with Crippen molar-refractivity contribution in [2.24, 2.45) is 0 Å². The molecule has 1 aromatic carbocycles. The van der Waals surface area contributed by atoms with Crippen LogP contribution in [0.4, 0.5) is 0 Å². The third-order valence-corrected chi connectivity index (χ3v) is 2.10. The van der Waals surface area contributed by atoms with Gasteiger partial charge in [-0.3, -0.25) is 4.79 Å². The van der Waals surface area contributed by atoms with Crippen molar-refractivity contribution in [3.8, 4) is 11.4 Å². The molecule has 15 heavy (non-hydrogen) atoms. The predicted molar refractivity (Wildman–Crippen MR) is 55.4 cm³/mol. The van der Waals surface area contributed by atoms with Crippen LogP contribution in [-0.4, -0.2) is 21.2 Å². The Morgan fingerprint density at radius 1 is 1.47 bits per heavy atom. The van der Waals surface area contributed by atoms with Crippen molar-refractivity contribution in [1.82, 2.24) is 9.78 Å². The predicted octanol–water partition coefficient (Wildman–Crippen LogP) is 1.70. The number of hydrogen-bond donors (Lipinski definition) is 1. The number of nitrogens with zero attached hydrogens (tertiary/aromatic N) is 2. The van der Waals surface area contributed by atoms with Crippen LogP contribution in [0.1, 0.15) is 15.9 Å². The molecular weight excluding hydrogens is 192 g/mol. The molecule has 0 atom stereocenters. The summed E-state index contributed by atoms with van der Waals surface area (Å²) in [6.45, 7) is 1.92. The van der Waals surface area contributed by atoms with E-state index in [4.69, 9.17) is 0 Å². The first-order valence-electron chi connectivity index (χ1n) is 4.50. The highest BCUT2D eigenvalue weighted by Crippen LogP contribution is 2.18. The molecule has 0 radical (unpaired) electrons. The van der Waals surface area contributed by atoms with Gasteiger partial charge in [0.25, 0.3) is 0 Å². The maximum atomic E-state index is 10.8. The Morgan fingerprint density at radius 3 is 2.87 bits per heavy atom. The molecule has 4 nitrogen and oxygen atoms in total. The molecule has 1 N–H and O–H groups in total. The molecule has 1 heterocycles. The highest BCUT2D eigenvalue weighted by molar-refractivity contribution is 5.81. The summed E-state index contributed by atoms with van der Waals surface area (Å²) in [5.41, 5.74) is 2.09. The van der Waals surface area contributed by atoms with Crippen LogP contribution in [0.15, 0.2) is 30.6 Å². The van der Waals surface area contributed by atoms with Gasteiger partial charge in [-0.25, -0.2) is 4.68 Å². The summed E-state index contributed by atoms with van der Waals surface area (Å²) in [5, 5.41) is 13.3. The quantitative estimate of drug-likeness (QED) is 0.754. The van der Waals surface area contributed by atoms with Crippen molar-refractivity contribution in [3.63, 3.8) is 0 Å². The molecule has 0 saturated carbocycles. The molecule has 0 aliphatic rings. The Bertz CT molecular complexity index is 503. The van der Waals surface area contributed by atoms with E-state index in [-0.39, 0.29) is 5.75 Å². The van der Waals surface area contributed by atoms with E-state index in [1.54, 1.807) is 16.9 Å². The molecule has 1 aromatic heterocycles. The molecule has 0 unspecified atom stereocenters. The van der Waals surface area contributed by atoms with Gasteiger partial charge in [0.1, 0.15) is 5.75 Å². The van der Waals surface area contributed by atoms with Crippen molar-refractivity contribution in [2.45, 2.75) is 6.92 Å². The van der Waals surface area contributed by atoms with Crippen LogP contribution in [0, 0.1) is 6.92 Å². The van der Waals surface area contributed by atoms with Crippen LogP contribution in [0.25, 0.3) is 5.69 Å². The molecular formula is C11H10N2O2. The Hall–Kier alpha value is -2.10. The minimum Gasteiger partial charge on any atom is -0.508 e. The lowest BCUT2D eigenvalue weighted by Crippen LogP contribution is -1.98. The minimum atomic E-state index is 0.0738. The van der Waals surface area contributed by atoms with Gasteiger partial charge < -0.3 is 5.11 Å². The smallest absolute Gasteiger partial charge is 0.152 e. The van der Waals surface area contributed by atoms with Crippen molar-refractivity contribution in [3.05, 3.63) is 41.7 Å². The number of aromatic hydroxyl groups is 1. The van der Waals surface area contributed by atoms with Crippen molar-refractivity contribution in [2.75, 3.05) is 0 Å². The van der Waals surface area contributed by atoms with Crippen LogP contribution >= 0.6 is 0 Å². The fraction of sp³-hybridized carbons (Fsp3) is 0.0909. The molecule has 0 saturated heterocycles. The second-order valence-corrected chi connectivity index (χ2v) is 3.32. The lowest BCUT2D eigenvalue weighted by atomic mass is 10.2. The van der Waals surface area contributed by atoms with Gasteiger partial charge in [0.15, 0.2) is 6.29 Å². The number of aryl methyl sites for hydroxylation is 1. The van der Waals surface area contributed by atoms with Gasteiger partial charge in [-0.05, 0) is 30.7 Å². The summed E-state index contributed by atoms with van der Waals surface area (Å²) in [6.07, 6.45) is 4.23. The Labute approximate surface area is 86.8 Å². The highest BCUT2D eigenvalue weighted by atomic mass is 16.3. The number of aromatic nitrogens is 2. The first-order valence-corrected chi connectivity index (χ1v) is 4.50. The molecule has 0 bridgehead atoms. The monoisotopic (exact) mass is 202 g/mol. The third kappa shape index (κ3) is 1.74. The van der Waals surface area contributed by atoms with E-state index >= 15 is 0 Å². The highest BCUT2D eigenvalue weighted by Gasteiger charge is 2.05. The Kier molecular flexibility index (Phi) is 2.25. The van der Waals surface area contributed by atoms with Crippen molar-refractivity contribution in [1.29, 1.82) is 0 Å². The van der Waals surface area contributed by atoms with Gasteiger partial charge in [0.05, 0.1) is 11.9 Å². The maximum absolute atomic E-state index is 10.8. The molecule has 0 aliphatic heterocycles. The topological polar surface area (TPSA) is 55.1 Å². The average Bonchev–Trinajstić information content (AvgIpc) is 2.64. The zero-order chi connectivity index (χ0) is 10.8. The van der Waals surface area contributed by atoms with Crippen LogP contribution in [-0.2, 0) is 0 Å². The molecule has 0 fully saturated rings. The number of carbonyl (C=O) groups excluding carboxylic acids is 1. The van der Waals surface area contributed by atoms with Gasteiger partial charge in [-0.15, -0.1) is 0 Å². The standard InChI is InChI=1S/C11H10N2O2/c1-8-5-12-13(6-8)11-3-2-10(15)4-9(11)7-14/h2-7,15H,1H3. The minimum absolute atomic E-state index is 0.0738. The third-order valence-electron chi connectivity index (χ3n) is 2.10. The zero-order valence-electron chi connectivity index (χ0n) is 8.21. The number of phenols is 1. The number of rotatable bonds is 2. The van der Waals surface area contributed by atoms with E-state index in [1.807, 2.05) is 13.1 Å². The second-order valence-electron chi connectivity index (χ2n) is 3.32. The van der Waals surface area contributed by atoms with Crippen molar-refractivity contribution < 1.29 is 9.90 Å². The number of aldehydes is 1. The van der Waals surface area contributed by atoms with Crippen LogP contribution in [0.2, 0.25) is 0 Å². The van der Waals surface area contributed by atoms with Gasteiger partial charge in [-0.2, -0.15) is 5.10 Å². The van der Waals surface area contributed by atoms with Crippen molar-refractivity contribution >= 4 is 6.29 Å². The number of carbonyl (C=O) groups is 1. The molecule has 0 amide bonds. The summed E-state index contributed by atoms with van der Waals surface area (Å²) < 4.78 is 1.61. The van der Waals surface area contributed by atoms with E-state index in [9.17, 15) is 9.90 Å². The Morgan fingerprint density at radius 2 is 2.27 bits per heavy atom. The van der Waals surface area contributed by atoms with Crippen LogP contribution in [0.3, 0.4) is 0 Å². The molecule has 4 heteroatoms. The fourth-order valence-corrected chi connectivity index (χ4v) is 1.39.